The summed E-state index contributed by atoms with van der Waals surface area (Å²) in [5, 5.41) is 0. The maximum atomic E-state index is 12.1. The van der Waals surface area contributed by atoms with E-state index in [9.17, 15) is 4.79 Å². The van der Waals surface area contributed by atoms with E-state index in [1.54, 1.807) is 24.3 Å². The van der Waals surface area contributed by atoms with Gasteiger partial charge in [0.2, 0.25) is 0 Å². The second kappa shape index (κ2) is 6.78. The summed E-state index contributed by atoms with van der Waals surface area (Å²) >= 11 is 0. The molecule has 3 heteroatoms. The Morgan fingerprint density at radius 3 is 2.10 bits per heavy atom. The molecule has 20 heavy (non-hydrogen) atoms. The van der Waals surface area contributed by atoms with Crippen LogP contribution in [0.4, 0.5) is 0 Å². The molecule has 1 rings (SSSR count). The molecule has 0 bridgehead atoms. The van der Waals surface area contributed by atoms with E-state index in [-0.39, 0.29) is 12.1 Å². The standard InChI is InChI=1S/C17H26O3/c1-12(2)11-17(5,6)20-16(18)14-7-9-15(10-8-14)19-13(3)4/h7-10,12-13H,11H2,1-6H3. The average molecular weight is 278 g/mol. The lowest BCUT2D eigenvalue weighted by atomic mass is 9.96. The van der Waals surface area contributed by atoms with Gasteiger partial charge < -0.3 is 9.47 Å². The minimum atomic E-state index is -0.446. The number of ether oxygens (including phenoxy) is 2. The number of rotatable bonds is 6. The summed E-state index contributed by atoms with van der Waals surface area (Å²) in [6.07, 6.45) is 0.964. The Kier molecular flexibility index (Phi) is 5.61. The molecule has 3 nitrogen and oxygen atoms in total. The highest BCUT2D eigenvalue weighted by molar-refractivity contribution is 5.89. The molecule has 0 amide bonds. The number of hydrogen-bond donors (Lipinski definition) is 0. The van der Waals surface area contributed by atoms with Gasteiger partial charge in [0.15, 0.2) is 0 Å². The first kappa shape index (κ1) is 16.5. The third kappa shape index (κ3) is 5.64. The van der Waals surface area contributed by atoms with E-state index in [0.717, 1.165) is 12.2 Å². The largest absolute Gasteiger partial charge is 0.491 e. The fourth-order valence-corrected chi connectivity index (χ4v) is 2.28. The lowest BCUT2D eigenvalue weighted by Crippen LogP contribution is -2.29. The van der Waals surface area contributed by atoms with Crippen molar-refractivity contribution in [3.8, 4) is 5.75 Å². The van der Waals surface area contributed by atoms with Gasteiger partial charge in [0, 0.05) is 0 Å². The second-order valence-electron chi connectivity index (χ2n) is 6.44. The Hall–Kier alpha value is -1.51. The van der Waals surface area contributed by atoms with E-state index in [0.29, 0.717) is 11.5 Å². The van der Waals surface area contributed by atoms with Crippen LogP contribution < -0.4 is 4.74 Å². The van der Waals surface area contributed by atoms with Crippen molar-refractivity contribution in [2.45, 2.75) is 59.7 Å². The van der Waals surface area contributed by atoms with Gasteiger partial charge in [-0.15, -0.1) is 0 Å². The van der Waals surface area contributed by atoms with Crippen molar-refractivity contribution in [3.63, 3.8) is 0 Å². The summed E-state index contributed by atoms with van der Waals surface area (Å²) in [6.45, 7) is 12.1. The van der Waals surface area contributed by atoms with Gasteiger partial charge in [-0.05, 0) is 64.3 Å². The smallest absolute Gasteiger partial charge is 0.338 e. The maximum absolute atomic E-state index is 12.1. The third-order valence-electron chi connectivity index (χ3n) is 2.73. The Labute approximate surface area is 122 Å². The van der Waals surface area contributed by atoms with Gasteiger partial charge in [-0.1, -0.05) is 13.8 Å². The highest BCUT2D eigenvalue weighted by Crippen LogP contribution is 2.22. The molecule has 0 unspecified atom stereocenters. The molecular formula is C17H26O3. The quantitative estimate of drug-likeness (QED) is 0.721. The maximum Gasteiger partial charge on any atom is 0.338 e. The van der Waals surface area contributed by atoms with Crippen molar-refractivity contribution in [1.82, 2.24) is 0 Å². The van der Waals surface area contributed by atoms with E-state index in [2.05, 4.69) is 13.8 Å². The van der Waals surface area contributed by atoms with Crippen molar-refractivity contribution < 1.29 is 14.3 Å². The molecule has 0 aromatic heterocycles. The van der Waals surface area contributed by atoms with Crippen LogP contribution in [0.25, 0.3) is 0 Å². The summed E-state index contributed by atoms with van der Waals surface area (Å²) in [7, 11) is 0. The van der Waals surface area contributed by atoms with Gasteiger partial charge >= 0.3 is 5.97 Å². The molecular weight excluding hydrogens is 252 g/mol. The summed E-state index contributed by atoms with van der Waals surface area (Å²) in [5.41, 5.74) is 0.108. The molecule has 0 aliphatic heterocycles. The molecule has 0 fully saturated rings. The molecule has 0 saturated carbocycles. The highest BCUT2D eigenvalue weighted by atomic mass is 16.6. The molecule has 1 aromatic carbocycles. The van der Waals surface area contributed by atoms with Crippen LogP contribution in [-0.2, 0) is 4.74 Å². The van der Waals surface area contributed by atoms with Crippen molar-refractivity contribution in [3.05, 3.63) is 29.8 Å². The molecule has 0 saturated heterocycles. The van der Waals surface area contributed by atoms with Crippen LogP contribution in [0.15, 0.2) is 24.3 Å². The molecule has 0 radical (unpaired) electrons. The summed E-state index contributed by atoms with van der Waals surface area (Å²) in [4.78, 5) is 12.1. The number of esters is 1. The minimum absolute atomic E-state index is 0.123. The Bertz CT molecular complexity index is 430. The molecule has 0 aliphatic rings. The van der Waals surface area contributed by atoms with E-state index >= 15 is 0 Å². The highest BCUT2D eigenvalue weighted by Gasteiger charge is 2.24. The zero-order valence-corrected chi connectivity index (χ0v) is 13.4. The fraction of sp³-hybridized carbons (Fsp3) is 0.588. The zero-order valence-electron chi connectivity index (χ0n) is 13.4. The van der Waals surface area contributed by atoms with Crippen molar-refractivity contribution in [2.24, 2.45) is 5.92 Å². The minimum Gasteiger partial charge on any atom is -0.491 e. The van der Waals surface area contributed by atoms with Crippen molar-refractivity contribution in [2.75, 3.05) is 0 Å². The molecule has 0 heterocycles. The summed E-state index contributed by atoms with van der Waals surface area (Å²) in [5.74, 6) is 0.962. The van der Waals surface area contributed by atoms with Crippen LogP contribution in [0.5, 0.6) is 5.75 Å². The van der Waals surface area contributed by atoms with Gasteiger partial charge in [-0.25, -0.2) is 4.79 Å². The molecule has 0 spiro atoms. The third-order valence-corrected chi connectivity index (χ3v) is 2.73. The first-order chi connectivity index (χ1) is 9.19. The van der Waals surface area contributed by atoms with E-state index in [1.165, 1.54) is 0 Å². The van der Waals surface area contributed by atoms with Crippen molar-refractivity contribution in [1.29, 1.82) is 0 Å². The lowest BCUT2D eigenvalue weighted by Gasteiger charge is -2.27. The molecule has 0 atom stereocenters. The zero-order chi connectivity index (χ0) is 15.3. The first-order valence-electron chi connectivity index (χ1n) is 7.19. The summed E-state index contributed by atoms with van der Waals surface area (Å²) in [6, 6.07) is 7.08. The first-order valence-corrected chi connectivity index (χ1v) is 7.19. The second-order valence-corrected chi connectivity index (χ2v) is 6.44. The normalized spacial score (nSPS) is 11.8. The van der Waals surface area contributed by atoms with Crippen molar-refractivity contribution >= 4 is 5.97 Å². The van der Waals surface area contributed by atoms with Crippen LogP contribution >= 0.6 is 0 Å². The van der Waals surface area contributed by atoms with Crippen LogP contribution in [0.1, 0.15) is 58.3 Å². The Morgan fingerprint density at radius 1 is 1.10 bits per heavy atom. The SMILES string of the molecule is CC(C)CC(C)(C)OC(=O)c1ccc(OC(C)C)cc1. The monoisotopic (exact) mass is 278 g/mol. The van der Waals surface area contributed by atoms with Gasteiger partial charge in [0.25, 0.3) is 0 Å². The number of hydrogen-bond acceptors (Lipinski definition) is 3. The van der Waals surface area contributed by atoms with Crippen LogP contribution in [0.2, 0.25) is 0 Å². The number of benzene rings is 1. The van der Waals surface area contributed by atoms with E-state index < -0.39 is 5.60 Å². The fourth-order valence-electron chi connectivity index (χ4n) is 2.28. The molecule has 0 N–H and O–H groups in total. The Balaban J connectivity index is 2.68. The molecule has 112 valence electrons. The number of carbonyl (C=O) groups excluding carboxylic acids is 1. The average Bonchev–Trinajstić information content (AvgIpc) is 2.26. The Morgan fingerprint density at radius 2 is 1.65 bits per heavy atom. The predicted octanol–water partition coefficient (Wildman–Crippen LogP) is 4.46. The molecule has 0 aliphatic carbocycles. The number of carbonyl (C=O) groups is 1. The van der Waals surface area contributed by atoms with Gasteiger partial charge in [0.1, 0.15) is 11.4 Å². The lowest BCUT2D eigenvalue weighted by molar-refractivity contribution is -0.00945. The van der Waals surface area contributed by atoms with Gasteiger partial charge in [0.05, 0.1) is 11.7 Å². The molecule has 1 aromatic rings. The van der Waals surface area contributed by atoms with E-state index in [1.807, 2.05) is 27.7 Å². The summed E-state index contributed by atoms with van der Waals surface area (Å²) < 4.78 is 11.1. The van der Waals surface area contributed by atoms with E-state index in [4.69, 9.17) is 9.47 Å². The van der Waals surface area contributed by atoms with Gasteiger partial charge in [-0.3, -0.25) is 0 Å². The van der Waals surface area contributed by atoms with Crippen LogP contribution in [-0.4, -0.2) is 17.7 Å². The van der Waals surface area contributed by atoms with Crippen LogP contribution in [0, 0.1) is 5.92 Å². The predicted molar refractivity (Wildman–Crippen MR) is 81.2 cm³/mol. The van der Waals surface area contributed by atoms with Gasteiger partial charge in [-0.2, -0.15) is 0 Å². The van der Waals surface area contributed by atoms with Crippen LogP contribution in [0.3, 0.4) is 0 Å². The topological polar surface area (TPSA) is 35.5 Å².